The highest BCUT2D eigenvalue weighted by Gasteiger charge is 2.33. The molecule has 2 aliphatic heterocycles. The largest absolute Gasteiger partial charge is 0.442 e. The Balaban J connectivity index is 1.37. The Kier molecular flexibility index (Phi) is 6.86. The van der Waals surface area contributed by atoms with Crippen LogP contribution in [0.3, 0.4) is 0 Å². The summed E-state index contributed by atoms with van der Waals surface area (Å²) in [6, 6.07) is 4.98. The summed E-state index contributed by atoms with van der Waals surface area (Å²) < 4.78 is 26.0. The van der Waals surface area contributed by atoms with Gasteiger partial charge < -0.3 is 15.0 Å². The van der Waals surface area contributed by atoms with E-state index in [1.165, 1.54) is 17.9 Å². The van der Waals surface area contributed by atoms with Gasteiger partial charge in [0.1, 0.15) is 17.6 Å². The number of cyclic esters (lactones) is 1. The average Bonchev–Trinajstić information content (AvgIpc) is 3.39. The Bertz CT molecular complexity index is 1020. The summed E-state index contributed by atoms with van der Waals surface area (Å²) in [5, 5.41) is 10.9. The second kappa shape index (κ2) is 9.79. The molecule has 170 valence electrons. The van der Waals surface area contributed by atoms with Crippen LogP contribution in [0.5, 0.6) is 0 Å². The maximum absolute atomic E-state index is 15.0. The molecule has 32 heavy (non-hydrogen) atoms. The number of amides is 2. The SMILES string of the molecule is CC(=O)NC[C@H]1CN(c2ccc(N3CCC(n4cc(/C=N/I)nn4)CC3)c(F)c2)C(=O)O1. The Labute approximate surface area is 198 Å². The highest BCUT2D eigenvalue weighted by Crippen LogP contribution is 2.31. The molecule has 1 atom stereocenters. The number of hydrogen-bond acceptors (Lipinski definition) is 7. The second-order valence-corrected chi connectivity index (χ2v) is 8.31. The quantitative estimate of drug-likeness (QED) is 0.434. The van der Waals surface area contributed by atoms with E-state index in [0.29, 0.717) is 30.2 Å². The standard InChI is InChI=1S/C20H23FIN7O3/c1-13(30)23-10-17-12-28(20(31)32-17)16-2-3-19(18(21)8-16)27-6-4-15(5-7-27)29-11-14(9-24-22)25-26-29/h2-3,8-9,11,15,17H,4-7,10,12H2,1H3,(H,23,30)/b24-9+/t17-/m0/s1. The van der Waals surface area contributed by atoms with Crippen LogP contribution in [0.2, 0.25) is 0 Å². The van der Waals surface area contributed by atoms with Gasteiger partial charge in [-0.1, -0.05) is 5.21 Å². The lowest BCUT2D eigenvalue weighted by Crippen LogP contribution is -2.35. The van der Waals surface area contributed by atoms with Crippen LogP contribution in [-0.4, -0.2) is 65.5 Å². The van der Waals surface area contributed by atoms with Crippen molar-refractivity contribution in [1.29, 1.82) is 0 Å². The molecule has 1 N–H and O–H groups in total. The minimum Gasteiger partial charge on any atom is -0.442 e. The van der Waals surface area contributed by atoms with Crippen LogP contribution in [-0.2, 0) is 9.53 Å². The van der Waals surface area contributed by atoms with Crippen LogP contribution >= 0.6 is 22.9 Å². The van der Waals surface area contributed by atoms with E-state index in [1.807, 2.05) is 38.6 Å². The van der Waals surface area contributed by atoms with Gasteiger partial charge in [0.2, 0.25) is 5.91 Å². The van der Waals surface area contributed by atoms with Gasteiger partial charge in [-0.2, -0.15) is 0 Å². The highest BCUT2D eigenvalue weighted by molar-refractivity contribution is 14.1. The molecule has 0 bridgehead atoms. The van der Waals surface area contributed by atoms with Crippen molar-refractivity contribution in [2.24, 2.45) is 3.21 Å². The molecule has 0 spiro atoms. The molecule has 10 nitrogen and oxygen atoms in total. The van der Waals surface area contributed by atoms with E-state index in [2.05, 4.69) is 18.8 Å². The summed E-state index contributed by atoms with van der Waals surface area (Å²) in [6.45, 7) is 3.24. The molecule has 1 aromatic heterocycles. The molecule has 2 saturated heterocycles. The molecule has 3 heterocycles. The summed E-state index contributed by atoms with van der Waals surface area (Å²) in [7, 11) is 0. The van der Waals surface area contributed by atoms with Crippen molar-refractivity contribution in [1.82, 2.24) is 20.3 Å². The third kappa shape index (κ3) is 5.00. The van der Waals surface area contributed by atoms with E-state index in [0.717, 1.165) is 12.8 Å². The molecule has 0 aliphatic carbocycles. The van der Waals surface area contributed by atoms with Crippen LogP contribution in [0.25, 0.3) is 0 Å². The third-order valence-electron chi connectivity index (χ3n) is 5.58. The van der Waals surface area contributed by atoms with Crippen molar-refractivity contribution >= 4 is 52.5 Å². The summed E-state index contributed by atoms with van der Waals surface area (Å²) in [6.07, 6.45) is 4.13. The molecular formula is C20H23FIN7O3. The molecule has 2 amide bonds. The van der Waals surface area contributed by atoms with Crippen molar-refractivity contribution in [3.63, 3.8) is 0 Å². The topological polar surface area (TPSA) is 105 Å². The number of carbonyl (C=O) groups is 2. The number of nitrogens with zero attached hydrogens (tertiary/aromatic N) is 6. The summed E-state index contributed by atoms with van der Waals surface area (Å²) in [5.41, 5.74) is 1.65. The van der Waals surface area contributed by atoms with Gasteiger partial charge in [-0.25, -0.2) is 17.1 Å². The lowest BCUT2D eigenvalue weighted by molar-refractivity contribution is -0.119. The van der Waals surface area contributed by atoms with E-state index in [4.69, 9.17) is 4.74 Å². The lowest BCUT2D eigenvalue weighted by Gasteiger charge is -2.33. The second-order valence-electron chi connectivity index (χ2n) is 7.76. The fourth-order valence-corrected chi connectivity index (χ4v) is 4.25. The monoisotopic (exact) mass is 555 g/mol. The van der Waals surface area contributed by atoms with E-state index in [9.17, 15) is 14.0 Å². The van der Waals surface area contributed by atoms with E-state index < -0.39 is 12.2 Å². The summed E-state index contributed by atoms with van der Waals surface area (Å²) >= 11 is 1.90. The lowest BCUT2D eigenvalue weighted by atomic mass is 10.0. The molecule has 0 radical (unpaired) electrons. The van der Waals surface area contributed by atoms with Crippen LogP contribution in [0.4, 0.5) is 20.6 Å². The minimum absolute atomic E-state index is 0.197. The van der Waals surface area contributed by atoms with E-state index in [-0.39, 0.29) is 30.9 Å². The zero-order valence-electron chi connectivity index (χ0n) is 17.4. The summed E-state index contributed by atoms with van der Waals surface area (Å²) in [5.74, 6) is -0.585. The first-order valence-electron chi connectivity index (χ1n) is 10.3. The number of nitrogens with one attached hydrogen (secondary N) is 1. The fraction of sp³-hybridized carbons (Fsp3) is 0.450. The molecule has 1 aromatic carbocycles. The van der Waals surface area contributed by atoms with Crippen LogP contribution in [0, 0.1) is 5.82 Å². The molecule has 0 unspecified atom stereocenters. The molecule has 0 saturated carbocycles. The number of aromatic nitrogens is 3. The third-order valence-corrected chi connectivity index (χ3v) is 5.86. The predicted octanol–water partition coefficient (Wildman–Crippen LogP) is 2.49. The number of anilines is 2. The maximum Gasteiger partial charge on any atom is 0.414 e. The number of ether oxygens (including phenoxy) is 1. The highest BCUT2D eigenvalue weighted by atomic mass is 127. The molecule has 4 rings (SSSR count). The Morgan fingerprint density at radius 1 is 1.41 bits per heavy atom. The first-order valence-corrected chi connectivity index (χ1v) is 11.2. The number of piperidine rings is 1. The Hall–Kier alpha value is -2.77. The van der Waals surface area contributed by atoms with Gasteiger partial charge in [-0.3, -0.25) is 9.69 Å². The number of benzene rings is 1. The molecule has 2 fully saturated rings. The van der Waals surface area contributed by atoms with Crippen molar-refractivity contribution in [3.8, 4) is 0 Å². The van der Waals surface area contributed by atoms with Crippen molar-refractivity contribution in [2.75, 3.05) is 36.0 Å². The first-order chi connectivity index (χ1) is 15.4. The Morgan fingerprint density at radius 3 is 2.88 bits per heavy atom. The van der Waals surface area contributed by atoms with Gasteiger partial charge in [-0.15, -0.1) is 5.10 Å². The van der Waals surface area contributed by atoms with Crippen LogP contribution in [0.15, 0.2) is 27.6 Å². The van der Waals surface area contributed by atoms with Crippen molar-refractivity contribution in [3.05, 3.63) is 35.9 Å². The van der Waals surface area contributed by atoms with Gasteiger partial charge in [0.05, 0.1) is 65.8 Å². The minimum atomic E-state index is -0.548. The zero-order chi connectivity index (χ0) is 22.7. The van der Waals surface area contributed by atoms with E-state index >= 15 is 0 Å². The molecule has 2 aliphatic rings. The summed E-state index contributed by atoms with van der Waals surface area (Å²) in [4.78, 5) is 26.6. The smallest absolute Gasteiger partial charge is 0.414 e. The van der Waals surface area contributed by atoms with E-state index in [1.54, 1.807) is 18.3 Å². The predicted molar refractivity (Wildman–Crippen MR) is 125 cm³/mol. The number of rotatable bonds is 6. The zero-order valence-corrected chi connectivity index (χ0v) is 19.6. The normalized spacial score (nSPS) is 19.6. The number of carbonyl (C=O) groups excluding carboxylic acids is 2. The number of halogens is 2. The van der Waals surface area contributed by atoms with Crippen molar-refractivity contribution < 1.29 is 18.7 Å². The average molecular weight is 555 g/mol. The van der Waals surface area contributed by atoms with Crippen LogP contribution < -0.4 is 15.1 Å². The van der Waals surface area contributed by atoms with Gasteiger partial charge in [-0.05, 0) is 31.0 Å². The molecule has 12 heteroatoms. The maximum atomic E-state index is 15.0. The molecule has 2 aromatic rings. The van der Waals surface area contributed by atoms with Gasteiger partial charge in [0, 0.05) is 20.0 Å². The van der Waals surface area contributed by atoms with Crippen LogP contribution in [0.1, 0.15) is 31.5 Å². The number of hydrogen-bond donors (Lipinski definition) is 1. The fourth-order valence-electron chi connectivity index (χ4n) is 3.97. The molecular weight excluding hydrogens is 532 g/mol. The first kappa shape index (κ1) is 22.4. The van der Waals surface area contributed by atoms with Gasteiger partial charge in [0.15, 0.2) is 0 Å². The van der Waals surface area contributed by atoms with Crippen molar-refractivity contribution in [2.45, 2.75) is 31.9 Å². The Morgan fingerprint density at radius 2 is 2.19 bits per heavy atom. The van der Waals surface area contributed by atoms with Gasteiger partial charge >= 0.3 is 6.09 Å². The van der Waals surface area contributed by atoms with Gasteiger partial charge in [0.25, 0.3) is 0 Å².